The van der Waals surface area contributed by atoms with E-state index in [9.17, 15) is 10.2 Å². The van der Waals surface area contributed by atoms with Gasteiger partial charge in [0.1, 0.15) is 24.7 Å². The Balaban J connectivity index is 0.000000642. The van der Waals surface area contributed by atoms with E-state index in [2.05, 4.69) is 20.4 Å². The number of halogens is 4. The van der Waals surface area contributed by atoms with Crippen molar-refractivity contribution < 1.29 is 36.8 Å². The standard InChI is InChI=1S/2C11H12Cl2N2O2.Cu/c2*1-7(2)14-15-11(16)6-17-10-4-3-8(12)5-9(10)13;/h2*3-5H,6H2,1-2H3,(H,15,16);/q;;+2/p-2. The fourth-order valence-corrected chi connectivity index (χ4v) is 2.76. The zero-order valence-electron chi connectivity index (χ0n) is 19.1. The summed E-state index contributed by atoms with van der Waals surface area (Å²) in [7, 11) is 0. The molecule has 0 saturated carbocycles. The average molecular weight is 612 g/mol. The van der Waals surface area contributed by atoms with Crippen molar-refractivity contribution in [1.29, 1.82) is 0 Å². The first-order chi connectivity index (χ1) is 16.0. The van der Waals surface area contributed by atoms with Crippen molar-refractivity contribution in [3.05, 3.63) is 56.5 Å². The smallest absolute Gasteiger partial charge is 0.858 e. The van der Waals surface area contributed by atoms with E-state index in [-0.39, 0.29) is 30.3 Å². The number of ether oxygens (including phenoxy) is 2. The molecule has 2 aromatic carbocycles. The fourth-order valence-electron chi connectivity index (χ4n) is 1.83. The van der Waals surface area contributed by atoms with Gasteiger partial charge in [-0.05, 0) is 64.1 Å². The minimum atomic E-state index is -0.475. The first-order valence-electron chi connectivity index (χ1n) is 9.63. The maximum absolute atomic E-state index is 11.2. The predicted molar refractivity (Wildman–Crippen MR) is 136 cm³/mol. The van der Waals surface area contributed by atoms with Crippen LogP contribution in [0.5, 0.6) is 11.5 Å². The molecule has 8 nitrogen and oxygen atoms in total. The van der Waals surface area contributed by atoms with Crippen LogP contribution < -0.4 is 19.7 Å². The second kappa shape index (κ2) is 17.4. The number of nitrogens with zero attached hydrogens (tertiary/aromatic N) is 4. The molecule has 0 spiro atoms. The molecule has 0 saturated heterocycles. The molecule has 35 heavy (non-hydrogen) atoms. The van der Waals surface area contributed by atoms with Gasteiger partial charge in [-0.2, -0.15) is 20.4 Å². The molecule has 0 aromatic heterocycles. The van der Waals surface area contributed by atoms with E-state index in [1.54, 1.807) is 52.0 Å². The first kappa shape index (κ1) is 33.0. The Morgan fingerprint density at radius 1 is 0.657 bits per heavy atom. The minimum Gasteiger partial charge on any atom is -0.858 e. The second-order valence-electron chi connectivity index (χ2n) is 6.81. The Kier molecular flexibility index (Phi) is 16.4. The third-order valence-corrected chi connectivity index (χ3v) is 4.27. The average Bonchev–Trinajstić information content (AvgIpc) is 2.75. The van der Waals surface area contributed by atoms with Gasteiger partial charge in [-0.15, -0.1) is 0 Å². The third kappa shape index (κ3) is 14.9. The van der Waals surface area contributed by atoms with Gasteiger partial charge in [0.2, 0.25) is 0 Å². The summed E-state index contributed by atoms with van der Waals surface area (Å²) in [5.74, 6) is -0.178. The van der Waals surface area contributed by atoms with Crippen molar-refractivity contribution in [1.82, 2.24) is 0 Å². The Labute approximate surface area is 234 Å². The quantitative estimate of drug-likeness (QED) is 0.180. The van der Waals surface area contributed by atoms with Crippen LogP contribution in [0.15, 0.2) is 56.8 Å². The number of hydrogen-bond donors (Lipinski definition) is 0. The maximum atomic E-state index is 11.2. The van der Waals surface area contributed by atoms with Crippen LogP contribution in [0.4, 0.5) is 0 Å². The molecular formula is C22H22Cl4CuN4O4. The number of hydrogen-bond acceptors (Lipinski definition) is 8. The van der Waals surface area contributed by atoms with Gasteiger partial charge >= 0.3 is 17.1 Å². The van der Waals surface area contributed by atoms with Gasteiger partial charge in [0.05, 0.1) is 10.0 Å². The summed E-state index contributed by atoms with van der Waals surface area (Å²) in [5.41, 5.74) is 1.39. The van der Waals surface area contributed by atoms with Crippen LogP contribution in [0.3, 0.4) is 0 Å². The van der Waals surface area contributed by atoms with Gasteiger partial charge in [-0.1, -0.05) is 46.4 Å². The van der Waals surface area contributed by atoms with Crippen molar-refractivity contribution in [2.75, 3.05) is 13.2 Å². The molecule has 0 heterocycles. The first-order valence-corrected chi connectivity index (χ1v) is 11.1. The molecular weight excluding hydrogens is 590 g/mol. The molecule has 2 aromatic rings. The molecule has 0 aliphatic rings. The summed E-state index contributed by atoms with van der Waals surface area (Å²) in [4.78, 5) is 0. The van der Waals surface area contributed by atoms with E-state index in [4.69, 9.17) is 55.9 Å². The van der Waals surface area contributed by atoms with Crippen LogP contribution in [-0.2, 0) is 17.1 Å². The largest absolute Gasteiger partial charge is 2.00 e. The van der Waals surface area contributed by atoms with Gasteiger partial charge in [-0.25, -0.2) is 0 Å². The predicted octanol–water partition coefficient (Wildman–Crippen LogP) is 5.05. The van der Waals surface area contributed by atoms with Crippen LogP contribution in [-0.4, -0.2) is 36.4 Å². The summed E-state index contributed by atoms with van der Waals surface area (Å²) in [6.07, 6.45) is 0. The van der Waals surface area contributed by atoms with Crippen molar-refractivity contribution in [3.8, 4) is 11.5 Å². The van der Waals surface area contributed by atoms with Crippen LogP contribution in [0.1, 0.15) is 27.7 Å². The van der Waals surface area contributed by atoms with E-state index in [0.717, 1.165) is 0 Å². The fraction of sp³-hybridized carbons (Fsp3) is 0.273. The molecule has 0 aliphatic heterocycles. The van der Waals surface area contributed by atoms with Crippen molar-refractivity contribution >= 4 is 69.6 Å². The summed E-state index contributed by atoms with van der Waals surface area (Å²) in [6.45, 7) is 6.55. The van der Waals surface area contributed by atoms with E-state index in [1.807, 2.05) is 0 Å². The maximum Gasteiger partial charge on any atom is 2.00 e. The van der Waals surface area contributed by atoms with Gasteiger partial charge in [0.15, 0.2) is 0 Å². The van der Waals surface area contributed by atoms with Gasteiger partial charge in [-0.3, -0.25) is 0 Å². The molecule has 0 bridgehead atoms. The molecule has 0 amide bonds. The van der Waals surface area contributed by atoms with E-state index in [1.165, 1.54) is 12.1 Å². The zero-order valence-corrected chi connectivity index (χ0v) is 23.1. The zero-order chi connectivity index (χ0) is 25.7. The number of rotatable bonds is 8. The van der Waals surface area contributed by atoms with Crippen molar-refractivity contribution in [3.63, 3.8) is 0 Å². The Morgan fingerprint density at radius 3 is 1.29 bits per heavy atom. The van der Waals surface area contributed by atoms with Gasteiger partial charge in [0.25, 0.3) is 0 Å². The molecule has 0 unspecified atom stereocenters. The molecule has 193 valence electrons. The van der Waals surface area contributed by atoms with Crippen molar-refractivity contribution in [2.24, 2.45) is 20.4 Å². The molecule has 0 atom stereocenters. The second-order valence-corrected chi connectivity index (χ2v) is 8.50. The van der Waals surface area contributed by atoms with Crippen LogP contribution in [0, 0.1) is 0 Å². The topological polar surface area (TPSA) is 114 Å². The Bertz CT molecular complexity index is 1000. The van der Waals surface area contributed by atoms with Crippen LogP contribution in [0.25, 0.3) is 0 Å². The van der Waals surface area contributed by atoms with E-state index < -0.39 is 11.8 Å². The normalized spacial score (nSPS) is 10.9. The molecule has 13 heteroatoms. The molecule has 2 rings (SSSR count). The third-order valence-electron chi connectivity index (χ3n) is 3.21. The van der Waals surface area contributed by atoms with Crippen molar-refractivity contribution in [2.45, 2.75) is 27.7 Å². The molecule has 0 N–H and O–H groups in total. The summed E-state index contributed by atoms with van der Waals surface area (Å²) in [6, 6.07) is 9.50. The monoisotopic (exact) mass is 609 g/mol. The summed E-state index contributed by atoms with van der Waals surface area (Å²) < 4.78 is 10.4. The SMILES string of the molecule is CC(C)=N/N=C(\[O-])COc1ccc(Cl)cc1Cl.CC(C)=N/N=C(\[O-])COc1ccc(Cl)cc1Cl.[Cu+2]. The molecule has 0 aliphatic carbocycles. The Hall–Kier alpha value is -2.00. The van der Waals surface area contributed by atoms with E-state index in [0.29, 0.717) is 43.0 Å². The summed E-state index contributed by atoms with van der Waals surface area (Å²) >= 11 is 23.2. The summed E-state index contributed by atoms with van der Waals surface area (Å²) in [5, 5.41) is 38.3. The molecule has 0 fully saturated rings. The van der Waals surface area contributed by atoms with Crippen LogP contribution >= 0.6 is 46.4 Å². The van der Waals surface area contributed by atoms with Gasteiger partial charge < -0.3 is 19.7 Å². The minimum absolute atomic E-state index is 0. The Morgan fingerprint density at radius 2 is 1.00 bits per heavy atom. The number of benzene rings is 2. The van der Waals surface area contributed by atoms with Crippen LogP contribution in [0.2, 0.25) is 20.1 Å². The molecule has 1 radical (unpaired) electrons. The van der Waals surface area contributed by atoms with E-state index >= 15 is 0 Å². The van der Waals surface area contributed by atoms with Gasteiger partial charge in [0, 0.05) is 33.3 Å².